The molecule has 10 atom stereocenters. The molecule has 0 amide bonds. The molecule has 0 aromatic heterocycles. The van der Waals surface area contributed by atoms with Gasteiger partial charge in [0.25, 0.3) is 0 Å². The third-order valence-electron chi connectivity index (χ3n) is 10.6. The van der Waals surface area contributed by atoms with Gasteiger partial charge in [-0.05, 0) is 86.6 Å². The molecule has 16 heteroatoms. The lowest BCUT2D eigenvalue weighted by Gasteiger charge is -2.48. The van der Waals surface area contributed by atoms with Gasteiger partial charge in [0.05, 0.1) is 41.6 Å². The first kappa shape index (κ1) is 47.4. The second-order valence-electron chi connectivity index (χ2n) is 15.2. The van der Waals surface area contributed by atoms with Gasteiger partial charge in [-0.3, -0.25) is 0 Å². The van der Waals surface area contributed by atoms with E-state index in [9.17, 15) is 24.0 Å². The second kappa shape index (κ2) is 22.6. The van der Waals surface area contributed by atoms with Crippen LogP contribution in [0.15, 0.2) is 158 Å². The van der Waals surface area contributed by atoms with Crippen LogP contribution < -0.4 is 9.47 Å². The highest BCUT2D eigenvalue weighted by Crippen LogP contribution is 2.37. The van der Waals surface area contributed by atoms with Crippen molar-refractivity contribution in [1.82, 2.24) is 0 Å². The first-order chi connectivity index (χ1) is 32.5. The molecule has 0 radical (unpaired) electrons. The van der Waals surface area contributed by atoms with Gasteiger partial charge in [-0.15, -0.1) is 0 Å². The zero-order valence-corrected chi connectivity index (χ0v) is 36.7. The van der Waals surface area contributed by atoms with Crippen molar-refractivity contribution in [1.29, 1.82) is 0 Å². The van der Waals surface area contributed by atoms with Crippen LogP contribution in [-0.4, -0.2) is 105 Å². The van der Waals surface area contributed by atoms with E-state index in [1.54, 1.807) is 116 Å². The summed E-state index contributed by atoms with van der Waals surface area (Å²) in [5, 5.41) is 0. The lowest BCUT2D eigenvalue weighted by atomic mass is 9.96. The van der Waals surface area contributed by atoms with Crippen LogP contribution in [0.3, 0.4) is 0 Å². The molecule has 16 nitrogen and oxygen atoms in total. The zero-order chi connectivity index (χ0) is 47.3. The quantitative estimate of drug-likeness (QED) is 0.0536. The molecule has 5 aromatic carbocycles. The predicted octanol–water partition coefficient (Wildman–Crippen LogP) is 7.56. The van der Waals surface area contributed by atoms with Crippen molar-refractivity contribution in [2.75, 3.05) is 13.7 Å². The van der Waals surface area contributed by atoms with E-state index in [1.807, 2.05) is 0 Å². The molecule has 5 aromatic rings. The summed E-state index contributed by atoms with van der Waals surface area (Å²) < 4.78 is 67.0. The molecule has 0 bridgehead atoms. The molecule has 0 saturated carbocycles. The number of rotatable bonds is 16. The van der Waals surface area contributed by atoms with Gasteiger partial charge in [0.15, 0.2) is 42.9 Å². The molecule has 0 N–H and O–H groups in total. The number of hydrogen-bond donors (Lipinski definition) is 0. The Labute approximate surface area is 386 Å². The van der Waals surface area contributed by atoms with Crippen LogP contribution in [0.5, 0.6) is 11.5 Å². The van der Waals surface area contributed by atoms with E-state index < -0.39 is 91.4 Å². The van der Waals surface area contributed by atoms with Crippen molar-refractivity contribution < 1.29 is 76.1 Å². The minimum Gasteiger partial charge on any atom is -0.497 e. The van der Waals surface area contributed by atoms with Gasteiger partial charge in [0.2, 0.25) is 6.29 Å². The number of carbonyl (C=O) groups excluding carboxylic acids is 5. The van der Waals surface area contributed by atoms with Crippen LogP contribution in [-0.2, 0) is 42.6 Å². The molecule has 2 saturated heterocycles. The largest absolute Gasteiger partial charge is 0.509 e. The molecule has 0 spiro atoms. The minimum absolute atomic E-state index is 0.0868. The molecule has 67 heavy (non-hydrogen) atoms. The summed E-state index contributed by atoms with van der Waals surface area (Å²) in [4.78, 5) is 69.0. The monoisotopic (exact) mass is 916 g/mol. The predicted molar refractivity (Wildman–Crippen MR) is 236 cm³/mol. The van der Waals surface area contributed by atoms with Gasteiger partial charge in [-0.2, -0.15) is 0 Å². The molecular weight excluding hydrogens is 869 g/mol. The molecule has 0 aliphatic carbocycles. The van der Waals surface area contributed by atoms with Crippen LogP contribution in [0.1, 0.15) is 55.3 Å². The highest BCUT2D eigenvalue weighted by Gasteiger charge is 2.57. The zero-order valence-electron chi connectivity index (χ0n) is 36.7. The van der Waals surface area contributed by atoms with E-state index in [2.05, 4.69) is 6.58 Å². The number of methoxy groups -OCH3 is 1. The van der Waals surface area contributed by atoms with Gasteiger partial charge in [0, 0.05) is 0 Å². The Morgan fingerprint density at radius 1 is 0.478 bits per heavy atom. The van der Waals surface area contributed by atoms with E-state index in [4.69, 9.17) is 52.1 Å². The number of benzene rings is 5. The maximum absolute atomic E-state index is 14.1. The average Bonchev–Trinajstić information content (AvgIpc) is 3.36. The fraction of sp³-hybridized carbons (Fsp3) is 0.275. The minimum atomic E-state index is -1.77. The van der Waals surface area contributed by atoms with Crippen LogP contribution in [0.4, 0.5) is 4.79 Å². The van der Waals surface area contributed by atoms with Crippen LogP contribution in [0.2, 0.25) is 0 Å². The van der Waals surface area contributed by atoms with Crippen LogP contribution in [0, 0.1) is 0 Å². The lowest BCUT2D eigenvalue weighted by Crippen LogP contribution is -2.66. The number of hydrogen-bond acceptors (Lipinski definition) is 16. The Morgan fingerprint density at radius 3 is 1.27 bits per heavy atom. The molecule has 0 unspecified atom stereocenters. The average molecular weight is 917 g/mol. The Bertz CT molecular complexity index is 2430. The highest BCUT2D eigenvalue weighted by molar-refractivity contribution is 5.91. The number of ether oxygens (including phenoxy) is 11. The van der Waals surface area contributed by atoms with E-state index in [0.29, 0.717) is 5.75 Å². The Morgan fingerprint density at radius 2 is 0.851 bits per heavy atom. The molecule has 7 rings (SSSR count). The summed E-state index contributed by atoms with van der Waals surface area (Å²) in [5.41, 5.74) is 0.579. The fourth-order valence-corrected chi connectivity index (χ4v) is 7.29. The normalized spacial score (nSPS) is 24.4. The number of esters is 4. The molecule has 2 aliphatic rings. The van der Waals surface area contributed by atoms with Crippen molar-refractivity contribution in [3.63, 3.8) is 0 Å². The summed E-state index contributed by atoms with van der Waals surface area (Å²) in [6.07, 6.45) is -14.8. The molecule has 2 fully saturated rings. The lowest BCUT2D eigenvalue weighted by molar-refractivity contribution is -0.349. The highest BCUT2D eigenvalue weighted by atomic mass is 16.8. The third-order valence-corrected chi connectivity index (χ3v) is 10.6. The van der Waals surface area contributed by atoms with Crippen LogP contribution >= 0.6 is 0 Å². The van der Waals surface area contributed by atoms with Gasteiger partial charge in [0.1, 0.15) is 18.1 Å². The summed E-state index contributed by atoms with van der Waals surface area (Å²) in [6, 6.07) is 38.6. The summed E-state index contributed by atoms with van der Waals surface area (Å²) in [7, 11) is 1.50. The molecule has 2 aliphatic heterocycles. The fourth-order valence-electron chi connectivity index (χ4n) is 7.29. The van der Waals surface area contributed by atoms with Gasteiger partial charge in [-0.25, -0.2) is 24.0 Å². The molecular formula is C51H48O16. The Hall–Kier alpha value is -7.53. The Balaban J connectivity index is 1.33. The van der Waals surface area contributed by atoms with Crippen molar-refractivity contribution in [2.24, 2.45) is 0 Å². The van der Waals surface area contributed by atoms with Gasteiger partial charge >= 0.3 is 30.0 Å². The summed E-state index contributed by atoms with van der Waals surface area (Å²) >= 11 is 0. The van der Waals surface area contributed by atoms with E-state index in [-0.39, 0.29) is 34.6 Å². The first-order valence-electron chi connectivity index (χ1n) is 21.3. The third kappa shape index (κ3) is 12.0. The van der Waals surface area contributed by atoms with E-state index in [0.717, 1.165) is 0 Å². The summed E-state index contributed by atoms with van der Waals surface area (Å²) in [5.74, 6) is -2.57. The molecule has 2 heterocycles. The smallest absolute Gasteiger partial charge is 0.497 e. The Kier molecular flexibility index (Phi) is 16.0. The number of carbonyl (C=O) groups is 5. The van der Waals surface area contributed by atoms with Gasteiger partial charge in [-0.1, -0.05) is 85.5 Å². The van der Waals surface area contributed by atoms with Crippen LogP contribution in [0.25, 0.3) is 0 Å². The van der Waals surface area contributed by atoms with Crippen molar-refractivity contribution in [2.45, 2.75) is 75.3 Å². The van der Waals surface area contributed by atoms with E-state index in [1.165, 1.54) is 56.5 Å². The first-order valence-corrected chi connectivity index (χ1v) is 21.3. The molecule has 348 valence electrons. The standard InChI is InChI=1S/C51H48O16/c1-5-30-58-51(56)67-42-40(63-46(53)34-20-12-7-13-21-34)32(3)60-50(43(42)65-48(55)36-24-16-9-17-25-36)66-44-41(64-47(54)35-22-14-8-15-23-35)39(62-45(52)33-18-10-6-11-19-33)31(2)59-49(44)61-38-28-26-37(57-4)27-29-38/h5-29,31-32,39-44,49-50H,1,30H2,2-4H3/t31-,32-,39-,40-,41+,42+,43+,44+,49-,50-/m0/s1. The topological polar surface area (TPSA) is 187 Å². The maximum atomic E-state index is 14.1. The van der Waals surface area contributed by atoms with Gasteiger partial charge < -0.3 is 52.1 Å². The SMILES string of the molecule is C=CCOC(=O)O[C@@H]1[C@@H](OC(=O)c2ccccc2)[C@H](C)O[C@@H](O[C@H]2[C@H](Oc3ccc(OC)cc3)O[C@@H](C)[C@H](OC(=O)c3ccccc3)[C@H]2OC(=O)c2ccccc2)[C@@H]1OC(=O)c1ccccc1. The van der Waals surface area contributed by atoms with Crippen molar-refractivity contribution in [3.05, 3.63) is 181 Å². The van der Waals surface area contributed by atoms with E-state index >= 15 is 0 Å². The second-order valence-corrected chi connectivity index (χ2v) is 15.2. The van der Waals surface area contributed by atoms with Crippen molar-refractivity contribution >= 4 is 30.0 Å². The summed E-state index contributed by atoms with van der Waals surface area (Å²) in [6.45, 7) is 6.42. The van der Waals surface area contributed by atoms with Crippen molar-refractivity contribution in [3.8, 4) is 11.5 Å². The maximum Gasteiger partial charge on any atom is 0.509 e.